The molecule has 0 aliphatic carbocycles. The van der Waals surface area contributed by atoms with E-state index in [1.54, 1.807) is 24.5 Å². The molecule has 2 aromatic heterocycles. The van der Waals surface area contributed by atoms with Gasteiger partial charge in [0, 0.05) is 24.0 Å². The molecule has 0 amide bonds. The molecule has 1 aromatic carbocycles. The first-order valence-corrected chi connectivity index (χ1v) is 7.13. The molecule has 2 heterocycles. The molecule has 6 heteroatoms. The summed E-state index contributed by atoms with van der Waals surface area (Å²) in [6, 6.07) is 13.1. The SMILES string of the molecule is Nc1ncccc1-c1nccc(NCc2ccccc2Cl)n1. The van der Waals surface area contributed by atoms with Crippen LogP contribution in [0.15, 0.2) is 54.9 Å². The number of rotatable bonds is 4. The number of hydrogen-bond donors (Lipinski definition) is 2. The average Bonchev–Trinajstić information content (AvgIpc) is 2.55. The lowest BCUT2D eigenvalue weighted by Gasteiger charge is -2.09. The van der Waals surface area contributed by atoms with Crippen LogP contribution in [0.3, 0.4) is 0 Å². The Kier molecular flexibility index (Phi) is 4.16. The summed E-state index contributed by atoms with van der Waals surface area (Å²) >= 11 is 6.14. The molecule has 0 saturated carbocycles. The Labute approximate surface area is 133 Å². The zero-order valence-electron chi connectivity index (χ0n) is 11.7. The predicted octanol–water partition coefficient (Wildman–Crippen LogP) is 3.39. The molecule has 5 nitrogen and oxygen atoms in total. The lowest BCUT2D eigenvalue weighted by Crippen LogP contribution is -2.04. The van der Waals surface area contributed by atoms with E-state index in [-0.39, 0.29) is 0 Å². The Bertz CT molecular complexity index is 791. The first kappa shape index (κ1) is 14.3. The Morgan fingerprint density at radius 2 is 1.86 bits per heavy atom. The van der Waals surface area contributed by atoms with Gasteiger partial charge in [-0.3, -0.25) is 0 Å². The van der Waals surface area contributed by atoms with Crippen LogP contribution in [0.5, 0.6) is 0 Å². The largest absolute Gasteiger partial charge is 0.383 e. The van der Waals surface area contributed by atoms with Crippen LogP contribution in [0.25, 0.3) is 11.4 Å². The van der Waals surface area contributed by atoms with E-state index in [9.17, 15) is 0 Å². The van der Waals surface area contributed by atoms with Gasteiger partial charge in [0.15, 0.2) is 5.82 Å². The highest BCUT2D eigenvalue weighted by molar-refractivity contribution is 6.31. The number of anilines is 2. The number of hydrogen-bond acceptors (Lipinski definition) is 5. The molecule has 0 radical (unpaired) electrons. The fourth-order valence-electron chi connectivity index (χ4n) is 2.02. The minimum atomic E-state index is 0.408. The van der Waals surface area contributed by atoms with Crippen LogP contribution in [0, 0.1) is 0 Å². The number of nitrogens with zero attached hydrogens (tertiary/aromatic N) is 3. The standard InChI is InChI=1S/C16H14ClN5/c17-13-6-2-1-4-11(13)10-21-14-7-9-20-16(22-14)12-5-3-8-19-15(12)18/h1-9H,10H2,(H2,18,19)(H,20,21,22). The molecule has 3 aromatic rings. The lowest BCUT2D eigenvalue weighted by molar-refractivity contribution is 1.08. The molecule has 3 rings (SSSR count). The van der Waals surface area contributed by atoms with Crippen LogP contribution in [-0.4, -0.2) is 15.0 Å². The maximum atomic E-state index is 6.14. The highest BCUT2D eigenvalue weighted by Gasteiger charge is 2.07. The molecule has 0 aliphatic heterocycles. The van der Waals surface area contributed by atoms with Crippen molar-refractivity contribution in [3.05, 3.63) is 65.4 Å². The summed E-state index contributed by atoms with van der Waals surface area (Å²) in [4.78, 5) is 12.8. The van der Waals surface area contributed by atoms with Gasteiger partial charge in [-0.05, 0) is 29.8 Å². The average molecular weight is 312 g/mol. The van der Waals surface area contributed by atoms with Crippen molar-refractivity contribution in [2.75, 3.05) is 11.1 Å². The van der Waals surface area contributed by atoms with Crippen molar-refractivity contribution in [1.29, 1.82) is 0 Å². The van der Waals surface area contributed by atoms with Gasteiger partial charge in [-0.2, -0.15) is 0 Å². The molecule has 0 unspecified atom stereocenters. The first-order valence-electron chi connectivity index (χ1n) is 6.75. The molecular formula is C16H14ClN5. The smallest absolute Gasteiger partial charge is 0.165 e. The van der Waals surface area contributed by atoms with Crippen molar-refractivity contribution in [2.24, 2.45) is 0 Å². The number of halogens is 1. The second-order valence-corrected chi connectivity index (χ2v) is 5.05. The number of nitrogens with one attached hydrogen (secondary N) is 1. The third-order valence-corrected chi connectivity index (χ3v) is 3.52. The van der Waals surface area contributed by atoms with Crippen molar-refractivity contribution in [2.45, 2.75) is 6.54 Å². The molecule has 0 bridgehead atoms. The molecule has 0 fully saturated rings. The van der Waals surface area contributed by atoms with E-state index in [0.29, 0.717) is 29.6 Å². The summed E-state index contributed by atoms with van der Waals surface area (Å²) in [7, 11) is 0. The topological polar surface area (TPSA) is 76.7 Å². The maximum Gasteiger partial charge on any atom is 0.165 e. The van der Waals surface area contributed by atoms with Gasteiger partial charge in [0.25, 0.3) is 0 Å². The molecule has 110 valence electrons. The van der Waals surface area contributed by atoms with E-state index in [4.69, 9.17) is 17.3 Å². The van der Waals surface area contributed by atoms with E-state index in [1.807, 2.05) is 30.3 Å². The van der Waals surface area contributed by atoms with Crippen LogP contribution in [0.2, 0.25) is 5.02 Å². The normalized spacial score (nSPS) is 10.4. The quantitative estimate of drug-likeness (QED) is 0.772. The number of nitrogens with two attached hydrogens (primary N) is 1. The molecule has 0 spiro atoms. The van der Waals surface area contributed by atoms with E-state index in [0.717, 1.165) is 10.6 Å². The second kappa shape index (κ2) is 6.41. The zero-order valence-corrected chi connectivity index (χ0v) is 12.5. The van der Waals surface area contributed by atoms with Crippen molar-refractivity contribution < 1.29 is 0 Å². The third kappa shape index (κ3) is 3.15. The van der Waals surface area contributed by atoms with Crippen LogP contribution in [0.4, 0.5) is 11.6 Å². The number of aromatic nitrogens is 3. The summed E-state index contributed by atoms with van der Waals surface area (Å²) in [5.41, 5.74) is 7.58. The minimum absolute atomic E-state index is 0.408. The van der Waals surface area contributed by atoms with Crippen LogP contribution in [-0.2, 0) is 6.54 Å². The van der Waals surface area contributed by atoms with E-state index >= 15 is 0 Å². The summed E-state index contributed by atoms with van der Waals surface area (Å²) in [5, 5.41) is 3.96. The van der Waals surface area contributed by atoms with Gasteiger partial charge in [0.2, 0.25) is 0 Å². The van der Waals surface area contributed by atoms with Gasteiger partial charge in [0.05, 0.1) is 5.56 Å². The summed E-state index contributed by atoms with van der Waals surface area (Å²) in [6.45, 7) is 0.582. The maximum absolute atomic E-state index is 6.14. The van der Waals surface area contributed by atoms with Gasteiger partial charge in [-0.25, -0.2) is 15.0 Å². The van der Waals surface area contributed by atoms with Crippen LogP contribution < -0.4 is 11.1 Å². The van der Waals surface area contributed by atoms with Gasteiger partial charge in [-0.15, -0.1) is 0 Å². The molecular weight excluding hydrogens is 298 g/mol. The Morgan fingerprint density at radius 1 is 1.00 bits per heavy atom. The van der Waals surface area contributed by atoms with E-state index in [2.05, 4.69) is 20.3 Å². The molecule has 3 N–H and O–H groups in total. The van der Waals surface area contributed by atoms with Gasteiger partial charge >= 0.3 is 0 Å². The highest BCUT2D eigenvalue weighted by Crippen LogP contribution is 2.21. The van der Waals surface area contributed by atoms with Gasteiger partial charge < -0.3 is 11.1 Å². The monoisotopic (exact) mass is 311 g/mol. The number of benzene rings is 1. The molecule has 0 saturated heterocycles. The Hall–Kier alpha value is -2.66. The molecule has 0 atom stereocenters. The minimum Gasteiger partial charge on any atom is -0.383 e. The lowest BCUT2D eigenvalue weighted by atomic mass is 10.2. The second-order valence-electron chi connectivity index (χ2n) is 4.65. The summed E-state index contributed by atoms with van der Waals surface area (Å²) in [6.07, 6.45) is 3.32. The first-order chi connectivity index (χ1) is 10.7. The van der Waals surface area contributed by atoms with Crippen LogP contribution in [0.1, 0.15) is 5.56 Å². The number of nitrogen functional groups attached to an aromatic ring is 1. The van der Waals surface area contributed by atoms with E-state index in [1.165, 1.54) is 0 Å². The van der Waals surface area contributed by atoms with Gasteiger partial charge in [0.1, 0.15) is 11.6 Å². The van der Waals surface area contributed by atoms with Crippen molar-refractivity contribution in [3.8, 4) is 11.4 Å². The van der Waals surface area contributed by atoms with Gasteiger partial charge in [-0.1, -0.05) is 29.8 Å². The Morgan fingerprint density at radius 3 is 2.68 bits per heavy atom. The molecule has 0 aliphatic rings. The third-order valence-electron chi connectivity index (χ3n) is 3.15. The zero-order chi connectivity index (χ0) is 15.4. The fourth-order valence-corrected chi connectivity index (χ4v) is 2.22. The van der Waals surface area contributed by atoms with Crippen molar-refractivity contribution >= 4 is 23.2 Å². The fraction of sp³-hybridized carbons (Fsp3) is 0.0625. The molecule has 22 heavy (non-hydrogen) atoms. The van der Waals surface area contributed by atoms with Crippen molar-refractivity contribution in [1.82, 2.24) is 15.0 Å². The Balaban J connectivity index is 1.80. The summed E-state index contributed by atoms with van der Waals surface area (Å²) in [5.74, 6) is 1.65. The summed E-state index contributed by atoms with van der Waals surface area (Å²) < 4.78 is 0. The highest BCUT2D eigenvalue weighted by atomic mass is 35.5. The number of pyridine rings is 1. The van der Waals surface area contributed by atoms with Crippen LogP contribution >= 0.6 is 11.6 Å². The van der Waals surface area contributed by atoms with E-state index < -0.39 is 0 Å². The van der Waals surface area contributed by atoms with Crippen molar-refractivity contribution in [3.63, 3.8) is 0 Å². The predicted molar refractivity (Wildman–Crippen MR) is 88.5 cm³/mol.